The summed E-state index contributed by atoms with van der Waals surface area (Å²) < 4.78 is 4.99. The Kier molecular flexibility index (Phi) is 6.92. The zero-order valence-corrected chi connectivity index (χ0v) is 12.0. The van der Waals surface area contributed by atoms with E-state index in [0.29, 0.717) is 19.1 Å². The van der Waals surface area contributed by atoms with Crippen molar-refractivity contribution in [3.8, 4) is 0 Å². The molecular weight excluding hydrogens is 240 g/mol. The summed E-state index contributed by atoms with van der Waals surface area (Å²) in [6.45, 7) is 4.29. The molecule has 0 saturated heterocycles. The van der Waals surface area contributed by atoms with Gasteiger partial charge in [0.1, 0.15) is 0 Å². The van der Waals surface area contributed by atoms with Gasteiger partial charge in [-0.15, -0.1) is 0 Å². The molecule has 0 bridgehead atoms. The topological polar surface area (TPSA) is 62.9 Å². The van der Waals surface area contributed by atoms with Gasteiger partial charge in [0, 0.05) is 33.9 Å². The van der Waals surface area contributed by atoms with Gasteiger partial charge in [0.15, 0.2) is 0 Å². The Balaban J connectivity index is 2.58. The van der Waals surface area contributed by atoms with Crippen molar-refractivity contribution in [1.82, 2.24) is 10.3 Å². The van der Waals surface area contributed by atoms with Crippen LogP contribution in [0, 0.1) is 6.92 Å². The summed E-state index contributed by atoms with van der Waals surface area (Å²) in [5.41, 5.74) is 5.19. The van der Waals surface area contributed by atoms with Gasteiger partial charge in [-0.3, -0.25) is 10.4 Å². The Morgan fingerprint density at radius 3 is 2.79 bits per heavy atom. The van der Waals surface area contributed by atoms with Gasteiger partial charge in [-0.1, -0.05) is 24.3 Å². The van der Waals surface area contributed by atoms with Gasteiger partial charge in [-0.25, -0.2) is 5.84 Å². The average Bonchev–Trinajstić information content (AvgIpc) is 2.41. The number of hydrazine groups is 1. The van der Waals surface area contributed by atoms with Crippen LogP contribution in [-0.4, -0.2) is 38.2 Å². The van der Waals surface area contributed by atoms with E-state index in [4.69, 9.17) is 10.6 Å². The molecule has 19 heavy (non-hydrogen) atoms. The summed E-state index contributed by atoms with van der Waals surface area (Å²) in [5.74, 6) is 6.22. The number of aryl methyl sites for hydroxylation is 1. The molecule has 0 saturated carbocycles. The third-order valence-corrected chi connectivity index (χ3v) is 2.93. The van der Waals surface area contributed by atoms with Crippen LogP contribution >= 0.6 is 0 Å². The number of nitrogens with one attached hydrogen (secondary N) is 1. The second kappa shape index (κ2) is 8.50. The number of nitrogens with two attached hydrogens (primary N) is 1. The highest BCUT2D eigenvalue weighted by atomic mass is 16.5. The van der Waals surface area contributed by atoms with E-state index in [-0.39, 0.29) is 0 Å². The third kappa shape index (κ3) is 5.28. The van der Waals surface area contributed by atoms with E-state index in [0.717, 1.165) is 13.0 Å². The molecular formula is C14H24N4O. The first-order valence-electron chi connectivity index (χ1n) is 6.44. The second-order valence-electron chi connectivity index (χ2n) is 4.48. The first kappa shape index (κ1) is 15.5. The first-order valence-corrected chi connectivity index (χ1v) is 6.44. The number of hydrogen-bond acceptors (Lipinski definition) is 3. The highest BCUT2D eigenvalue weighted by Gasteiger charge is 2.06. The number of hydrogen-bond donors (Lipinski definition) is 2. The molecule has 5 heteroatoms. The Morgan fingerprint density at radius 1 is 1.42 bits per heavy atom. The highest BCUT2D eigenvalue weighted by molar-refractivity contribution is 5.79. The summed E-state index contributed by atoms with van der Waals surface area (Å²) >= 11 is 0. The molecule has 0 fully saturated rings. The smallest absolute Gasteiger partial charge is 0.208 e. The van der Waals surface area contributed by atoms with Crippen LogP contribution in [0.3, 0.4) is 0 Å². The van der Waals surface area contributed by atoms with Crippen LogP contribution in [-0.2, 0) is 11.3 Å². The summed E-state index contributed by atoms with van der Waals surface area (Å²) in [6, 6.07) is 8.31. The summed E-state index contributed by atoms with van der Waals surface area (Å²) in [4.78, 5) is 6.44. The molecule has 0 aliphatic rings. The lowest BCUT2D eigenvalue weighted by Crippen LogP contribution is -2.42. The average molecular weight is 264 g/mol. The Bertz CT molecular complexity index is 406. The van der Waals surface area contributed by atoms with Crippen molar-refractivity contribution >= 4 is 5.96 Å². The van der Waals surface area contributed by atoms with Crippen molar-refractivity contribution in [1.29, 1.82) is 0 Å². The zero-order chi connectivity index (χ0) is 14.1. The summed E-state index contributed by atoms with van der Waals surface area (Å²) in [5, 5.41) is 0. The number of rotatable bonds is 6. The van der Waals surface area contributed by atoms with Crippen molar-refractivity contribution in [2.75, 3.05) is 27.3 Å². The largest absolute Gasteiger partial charge is 0.385 e. The van der Waals surface area contributed by atoms with Crippen LogP contribution in [0.2, 0.25) is 0 Å². The van der Waals surface area contributed by atoms with Gasteiger partial charge in [0.05, 0.1) is 0 Å². The van der Waals surface area contributed by atoms with Crippen LogP contribution in [0.15, 0.2) is 29.3 Å². The molecule has 0 aliphatic heterocycles. The third-order valence-electron chi connectivity index (χ3n) is 2.93. The number of benzene rings is 1. The van der Waals surface area contributed by atoms with Crippen LogP contribution in [0.1, 0.15) is 17.5 Å². The SMILES string of the molecule is COCCCN=C(NN)N(C)Cc1ccccc1C. The Hall–Kier alpha value is -1.59. The van der Waals surface area contributed by atoms with Gasteiger partial charge in [-0.05, 0) is 24.5 Å². The van der Waals surface area contributed by atoms with Gasteiger partial charge >= 0.3 is 0 Å². The number of nitrogens with zero attached hydrogens (tertiary/aromatic N) is 2. The maximum atomic E-state index is 5.53. The molecule has 3 N–H and O–H groups in total. The minimum atomic E-state index is 0.694. The molecule has 1 aromatic carbocycles. The fourth-order valence-corrected chi connectivity index (χ4v) is 1.79. The first-order chi connectivity index (χ1) is 9.19. The van der Waals surface area contributed by atoms with E-state index in [9.17, 15) is 0 Å². The molecule has 1 aromatic rings. The molecule has 1 rings (SSSR count). The summed E-state index contributed by atoms with van der Waals surface area (Å²) in [6.07, 6.45) is 0.889. The van der Waals surface area contributed by atoms with E-state index in [1.54, 1.807) is 7.11 Å². The molecule has 0 unspecified atom stereocenters. The predicted octanol–water partition coefficient (Wildman–Crippen LogP) is 1.28. The van der Waals surface area contributed by atoms with E-state index < -0.39 is 0 Å². The fourth-order valence-electron chi connectivity index (χ4n) is 1.79. The molecule has 0 atom stereocenters. The second-order valence-corrected chi connectivity index (χ2v) is 4.48. The fraction of sp³-hybridized carbons (Fsp3) is 0.500. The predicted molar refractivity (Wildman–Crippen MR) is 78.8 cm³/mol. The lowest BCUT2D eigenvalue weighted by molar-refractivity contribution is 0.197. The van der Waals surface area contributed by atoms with Gasteiger partial charge < -0.3 is 9.64 Å². The lowest BCUT2D eigenvalue weighted by atomic mass is 10.1. The number of ether oxygens (including phenoxy) is 1. The summed E-state index contributed by atoms with van der Waals surface area (Å²) in [7, 11) is 3.66. The van der Waals surface area contributed by atoms with Crippen molar-refractivity contribution in [2.45, 2.75) is 19.9 Å². The van der Waals surface area contributed by atoms with Gasteiger partial charge in [0.2, 0.25) is 5.96 Å². The minimum Gasteiger partial charge on any atom is -0.385 e. The molecule has 0 spiro atoms. The quantitative estimate of drug-likeness (QED) is 0.267. The molecule has 5 nitrogen and oxygen atoms in total. The standard InChI is InChI=1S/C14H24N4O/c1-12-7-4-5-8-13(12)11-18(2)14(17-15)16-9-6-10-19-3/h4-5,7-8H,6,9-11,15H2,1-3H3,(H,16,17). The normalized spacial score (nSPS) is 11.5. The molecule has 0 amide bonds. The number of guanidine groups is 1. The Morgan fingerprint density at radius 2 is 2.16 bits per heavy atom. The van der Waals surface area contributed by atoms with Crippen molar-refractivity contribution in [3.63, 3.8) is 0 Å². The van der Waals surface area contributed by atoms with Crippen LogP contribution in [0.4, 0.5) is 0 Å². The maximum Gasteiger partial charge on any atom is 0.208 e. The van der Waals surface area contributed by atoms with E-state index in [1.165, 1.54) is 11.1 Å². The molecule has 0 aliphatic carbocycles. The van der Waals surface area contributed by atoms with Gasteiger partial charge in [-0.2, -0.15) is 0 Å². The number of methoxy groups -OCH3 is 1. The van der Waals surface area contributed by atoms with Crippen molar-refractivity contribution in [2.24, 2.45) is 10.8 Å². The highest BCUT2D eigenvalue weighted by Crippen LogP contribution is 2.09. The molecule has 0 radical (unpaired) electrons. The van der Waals surface area contributed by atoms with E-state index in [2.05, 4.69) is 29.5 Å². The number of aliphatic imine (C=N–C) groups is 1. The van der Waals surface area contributed by atoms with Crippen molar-refractivity contribution in [3.05, 3.63) is 35.4 Å². The van der Waals surface area contributed by atoms with E-state index in [1.807, 2.05) is 24.1 Å². The zero-order valence-electron chi connectivity index (χ0n) is 12.0. The Labute approximate surface area is 115 Å². The van der Waals surface area contributed by atoms with Crippen LogP contribution < -0.4 is 11.3 Å². The molecule has 106 valence electrons. The van der Waals surface area contributed by atoms with Crippen LogP contribution in [0.25, 0.3) is 0 Å². The van der Waals surface area contributed by atoms with Crippen molar-refractivity contribution < 1.29 is 4.74 Å². The molecule has 0 heterocycles. The maximum absolute atomic E-state index is 5.53. The minimum absolute atomic E-state index is 0.694. The monoisotopic (exact) mass is 264 g/mol. The van der Waals surface area contributed by atoms with Crippen LogP contribution in [0.5, 0.6) is 0 Å². The van der Waals surface area contributed by atoms with Gasteiger partial charge in [0.25, 0.3) is 0 Å². The lowest BCUT2D eigenvalue weighted by Gasteiger charge is -2.21. The molecule has 0 aromatic heterocycles. The van der Waals surface area contributed by atoms with E-state index >= 15 is 0 Å².